The number of pyridine rings is 1. The summed E-state index contributed by atoms with van der Waals surface area (Å²) in [7, 11) is 0.0716. The van der Waals surface area contributed by atoms with Crippen molar-refractivity contribution in [3.63, 3.8) is 0 Å². The Morgan fingerprint density at radius 2 is 1.96 bits per heavy atom. The molecule has 4 heterocycles. The van der Waals surface area contributed by atoms with E-state index in [0.29, 0.717) is 31.1 Å². The lowest BCUT2D eigenvalue weighted by molar-refractivity contribution is 0.0831. The van der Waals surface area contributed by atoms with Gasteiger partial charge in [0.15, 0.2) is 0 Å². The van der Waals surface area contributed by atoms with Gasteiger partial charge in [-0.15, -0.1) is 11.3 Å². The molecule has 4 rings (SSSR count). The van der Waals surface area contributed by atoms with Crippen molar-refractivity contribution in [2.45, 2.75) is 25.2 Å². The topological polar surface area (TPSA) is 73.8 Å². The lowest BCUT2D eigenvalue weighted by Crippen LogP contribution is -2.41. The highest BCUT2D eigenvalue weighted by atomic mass is 32.2. The minimum absolute atomic E-state index is 0.0132. The average molecular weight is 409 g/mol. The highest BCUT2D eigenvalue weighted by Crippen LogP contribution is 2.40. The van der Waals surface area contributed by atoms with Gasteiger partial charge in [-0.3, -0.25) is 4.79 Å². The smallest absolute Gasteiger partial charge is 0.281 e. The number of hydrogen-bond donors (Lipinski definition) is 0. The largest absolute Gasteiger partial charge is 0.344 e. The molecule has 0 aromatic carbocycles. The molecule has 1 unspecified atom stereocenters. The summed E-state index contributed by atoms with van der Waals surface area (Å²) in [5.74, 6) is -0.0342. The molecule has 1 atom stereocenters. The number of hydrogen-bond acceptors (Lipinski definition) is 5. The van der Waals surface area contributed by atoms with Crippen molar-refractivity contribution in [1.82, 2.24) is 18.5 Å². The zero-order chi connectivity index (χ0) is 19.2. The molecule has 2 aliphatic heterocycles. The second-order valence-corrected chi connectivity index (χ2v) is 10.3. The van der Waals surface area contributed by atoms with Crippen LogP contribution in [-0.4, -0.2) is 73.1 Å². The van der Waals surface area contributed by atoms with Crippen LogP contribution >= 0.6 is 11.3 Å². The van der Waals surface area contributed by atoms with Gasteiger partial charge < -0.3 is 4.90 Å². The molecule has 0 aliphatic carbocycles. The van der Waals surface area contributed by atoms with Crippen LogP contribution in [-0.2, 0) is 10.2 Å². The van der Waals surface area contributed by atoms with Gasteiger partial charge in [0.2, 0.25) is 0 Å². The Hall–Kier alpha value is -1.55. The minimum Gasteiger partial charge on any atom is -0.344 e. The predicted octanol–water partition coefficient (Wildman–Crippen LogP) is 2.13. The molecule has 9 heteroatoms. The van der Waals surface area contributed by atoms with Crippen LogP contribution in [0.1, 0.15) is 40.4 Å². The summed E-state index contributed by atoms with van der Waals surface area (Å²) in [6.45, 7) is 2.14. The summed E-state index contributed by atoms with van der Waals surface area (Å²) in [6.07, 6.45) is 4.31. The summed E-state index contributed by atoms with van der Waals surface area (Å²) in [6, 6.07) is 3.86. The number of aromatic nitrogens is 1. The van der Waals surface area contributed by atoms with Crippen molar-refractivity contribution < 1.29 is 13.2 Å². The van der Waals surface area contributed by atoms with E-state index in [1.807, 2.05) is 12.1 Å². The first kappa shape index (κ1) is 18.8. The lowest BCUT2D eigenvalue weighted by atomic mass is 9.95. The number of carbonyl (C=O) groups excluding carboxylic acids is 1. The van der Waals surface area contributed by atoms with Crippen LogP contribution in [0.3, 0.4) is 0 Å². The van der Waals surface area contributed by atoms with E-state index in [0.717, 1.165) is 35.0 Å². The summed E-state index contributed by atoms with van der Waals surface area (Å²) >= 11 is 1.40. The Morgan fingerprint density at radius 3 is 2.67 bits per heavy atom. The van der Waals surface area contributed by atoms with Gasteiger partial charge in [-0.05, 0) is 30.9 Å². The molecule has 2 aliphatic rings. The molecule has 1 amide bonds. The van der Waals surface area contributed by atoms with Crippen LogP contribution < -0.4 is 0 Å². The molecular weight excluding hydrogens is 384 g/mol. The van der Waals surface area contributed by atoms with Crippen molar-refractivity contribution in [3.05, 3.63) is 28.8 Å². The number of carbonyl (C=O) groups is 1. The Kier molecular flexibility index (Phi) is 4.96. The first-order valence-corrected chi connectivity index (χ1v) is 11.4. The second kappa shape index (κ2) is 7.12. The SMILES string of the molecule is CN(C)C(=O)c1sc2ncccc2c1C1CCN(S(=O)(=O)N2CCCC2)C1. The molecule has 2 aromatic rings. The predicted molar refractivity (Wildman–Crippen MR) is 106 cm³/mol. The molecule has 0 bridgehead atoms. The first-order chi connectivity index (χ1) is 12.9. The Labute approximate surface area is 163 Å². The Morgan fingerprint density at radius 1 is 1.22 bits per heavy atom. The normalized spacial score (nSPS) is 21.9. The molecule has 0 N–H and O–H groups in total. The summed E-state index contributed by atoms with van der Waals surface area (Å²) in [4.78, 5) is 20.2. The number of nitrogens with zero attached hydrogens (tertiary/aromatic N) is 4. The molecular formula is C18H24N4O3S2. The van der Waals surface area contributed by atoms with E-state index in [2.05, 4.69) is 4.98 Å². The van der Waals surface area contributed by atoms with E-state index in [4.69, 9.17) is 0 Å². The van der Waals surface area contributed by atoms with E-state index in [9.17, 15) is 13.2 Å². The maximum Gasteiger partial charge on any atom is 0.281 e. The Bertz CT molecular complexity index is 964. The fourth-order valence-corrected chi connectivity index (χ4v) is 6.98. The summed E-state index contributed by atoms with van der Waals surface area (Å²) in [5.41, 5.74) is 0.959. The zero-order valence-electron chi connectivity index (χ0n) is 15.6. The van der Waals surface area contributed by atoms with Crippen LogP contribution in [0.4, 0.5) is 0 Å². The van der Waals surface area contributed by atoms with Crippen molar-refractivity contribution >= 4 is 37.7 Å². The molecule has 2 saturated heterocycles. The maximum atomic E-state index is 12.9. The van der Waals surface area contributed by atoms with Gasteiger partial charge in [-0.25, -0.2) is 4.98 Å². The number of thiophene rings is 1. The van der Waals surface area contributed by atoms with E-state index < -0.39 is 10.2 Å². The zero-order valence-corrected chi connectivity index (χ0v) is 17.2. The Balaban J connectivity index is 1.69. The van der Waals surface area contributed by atoms with Crippen molar-refractivity contribution in [2.24, 2.45) is 0 Å². The average Bonchev–Trinajstić information content (AvgIpc) is 3.38. The first-order valence-electron chi connectivity index (χ1n) is 9.24. The van der Waals surface area contributed by atoms with Gasteiger partial charge in [0, 0.05) is 57.8 Å². The minimum atomic E-state index is -3.41. The second-order valence-electron chi connectivity index (χ2n) is 7.36. The van der Waals surface area contributed by atoms with Crippen molar-refractivity contribution in [1.29, 1.82) is 0 Å². The fraction of sp³-hybridized carbons (Fsp3) is 0.556. The standard InChI is InChI=1S/C18H24N4O3S2/c1-20(2)18(23)16-15(14-6-5-8-19-17(14)26-16)13-7-11-22(12-13)27(24,25)21-9-3-4-10-21/h5-6,8,13H,3-4,7,9-12H2,1-2H3. The van der Waals surface area contributed by atoms with Crippen LogP contribution in [0.5, 0.6) is 0 Å². The molecule has 2 aromatic heterocycles. The number of fused-ring (bicyclic) bond motifs is 1. The van der Waals surface area contributed by atoms with Crippen molar-refractivity contribution in [3.8, 4) is 0 Å². The molecule has 0 spiro atoms. The van der Waals surface area contributed by atoms with Gasteiger partial charge in [-0.2, -0.15) is 17.0 Å². The third-order valence-corrected chi connectivity index (χ3v) is 8.50. The third-order valence-electron chi connectivity index (χ3n) is 5.38. The molecule has 146 valence electrons. The fourth-order valence-electron chi connectivity index (χ4n) is 3.97. The van der Waals surface area contributed by atoms with Gasteiger partial charge >= 0.3 is 0 Å². The van der Waals surface area contributed by atoms with E-state index in [1.54, 1.807) is 33.8 Å². The van der Waals surface area contributed by atoms with E-state index in [-0.39, 0.29) is 11.8 Å². The summed E-state index contributed by atoms with van der Waals surface area (Å²) in [5, 5.41) is 0.970. The maximum absolute atomic E-state index is 12.9. The molecule has 7 nitrogen and oxygen atoms in total. The number of rotatable bonds is 4. The highest BCUT2D eigenvalue weighted by molar-refractivity contribution is 7.86. The van der Waals surface area contributed by atoms with Crippen LogP contribution in [0, 0.1) is 0 Å². The quantitative estimate of drug-likeness (QED) is 0.777. The van der Waals surface area contributed by atoms with Crippen LogP contribution in [0.2, 0.25) is 0 Å². The molecule has 2 fully saturated rings. The number of amides is 1. The summed E-state index contributed by atoms with van der Waals surface area (Å²) < 4.78 is 29.0. The highest BCUT2D eigenvalue weighted by Gasteiger charge is 2.39. The molecule has 0 saturated carbocycles. The van der Waals surface area contributed by atoms with Gasteiger partial charge in [0.25, 0.3) is 16.1 Å². The monoisotopic (exact) mass is 408 g/mol. The van der Waals surface area contributed by atoms with Gasteiger partial charge in [-0.1, -0.05) is 6.07 Å². The lowest BCUT2D eigenvalue weighted by Gasteiger charge is -2.23. The third kappa shape index (κ3) is 3.26. The van der Waals surface area contributed by atoms with E-state index in [1.165, 1.54) is 11.3 Å². The van der Waals surface area contributed by atoms with E-state index >= 15 is 0 Å². The molecule has 0 radical (unpaired) electrons. The van der Waals surface area contributed by atoms with Crippen LogP contribution in [0.25, 0.3) is 10.2 Å². The van der Waals surface area contributed by atoms with Gasteiger partial charge in [0.1, 0.15) is 4.83 Å². The van der Waals surface area contributed by atoms with Crippen LogP contribution in [0.15, 0.2) is 18.3 Å². The van der Waals surface area contributed by atoms with Gasteiger partial charge in [0.05, 0.1) is 4.88 Å². The van der Waals surface area contributed by atoms with Crippen molar-refractivity contribution in [2.75, 3.05) is 40.3 Å². The molecule has 27 heavy (non-hydrogen) atoms.